The largest absolute Gasteiger partial charge is 0.372 e. The molecule has 154 valence electrons. The van der Waals surface area contributed by atoms with Crippen molar-refractivity contribution in [1.29, 1.82) is 0 Å². The second-order valence-electron chi connectivity index (χ2n) is 7.44. The second-order valence-corrected chi connectivity index (χ2v) is 7.44. The monoisotopic (exact) mass is 390 g/mol. The summed E-state index contributed by atoms with van der Waals surface area (Å²) in [5, 5.41) is 9.02. The first kappa shape index (κ1) is 21.1. The van der Waals surface area contributed by atoms with Crippen LogP contribution in [0.3, 0.4) is 0 Å². The van der Waals surface area contributed by atoms with Gasteiger partial charge in [0.2, 0.25) is 0 Å². The van der Waals surface area contributed by atoms with Gasteiger partial charge in [-0.15, -0.1) is 0 Å². The molecule has 0 saturated carbocycles. The molecule has 1 aliphatic heterocycles. The maximum Gasteiger partial charge on any atom is 0.0982 e. The van der Waals surface area contributed by atoms with E-state index in [-0.39, 0.29) is 12.1 Å². The van der Waals surface area contributed by atoms with Crippen LogP contribution in [0.25, 0.3) is 6.08 Å². The lowest BCUT2D eigenvalue weighted by atomic mass is 10.0. The highest BCUT2D eigenvalue weighted by atomic mass is 15.2. The summed E-state index contributed by atoms with van der Waals surface area (Å²) < 4.78 is 0. The lowest BCUT2D eigenvalue weighted by Crippen LogP contribution is -2.21. The Morgan fingerprint density at radius 2 is 1.28 bits per heavy atom. The average Bonchev–Trinajstić information content (AvgIpc) is 3.24. The van der Waals surface area contributed by atoms with E-state index in [2.05, 4.69) is 108 Å². The number of nitrogens with zero attached hydrogens (tertiary/aromatic N) is 4. The highest BCUT2D eigenvalue weighted by Gasteiger charge is 2.21. The van der Waals surface area contributed by atoms with Gasteiger partial charge in [-0.25, -0.2) is 0 Å². The molecular formula is C25H34N4. The third kappa shape index (κ3) is 5.26. The van der Waals surface area contributed by atoms with Crippen LogP contribution in [0.1, 0.15) is 51.3 Å². The Bertz CT molecular complexity index is 800. The van der Waals surface area contributed by atoms with Gasteiger partial charge in [-0.05, 0) is 63.1 Å². The van der Waals surface area contributed by atoms with Crippen molar-refractivity contribution in [1.82, 2.24) is 0 Å². The van der Waals surface area contributed by atoms with E-state index < -0.39 is 0 Å². The maximum atomic E-state index is 4.53. The molecule has 3 rings (SSSR count). The fourth-order valence-corrected chi connectivity index (χ4v) is 3.91. The van der Waals surface area contributed by atoms with Crippen molar-refractivity contribution in [2.75, 3.05) is 36.0 Å². The summed E-state index contributed by atoms with van der Waals surface area (Å²) >= 11 is 0. The minimum atomic E-state index is 0.157. The summed E-state index contributed by atoms with van der Waals surface area (Å²) in [4.78, 5) is 4.71. The summed E-state index contributed by atoms with van der Waals surface area (Å²) in [6.07, 6.45) is 5.29. The SMILES string of the molecule is CCN(CC)c1ccc(C=CC2CC(c3ccc(N(CC)CC)cc3)N=N2)cc1. The summed E-state index contributed by atoms with van der Waals surface area (Å²) in [6, 6.07) is 17.9. The van der Waals surface area contributed by atoms with Crippen LogP contribution in [0.15, 0.2) is 64.8 Å². The zero-order valence-electron chi connectivity index (χ0n) is 18.3. The molecule has 2 atom stereocenters. The van der Waals surface area contributed by atoms with Crippen molar-refractivity contribution < 1.29 is 0 Å². The molecule has 0 aromatic heterocycles. The Balaban J connectivity index is 1.58. The smallest absolute Gasteiger partial charge is 0.0982 e. The van der Waals surface area contributed by atoms with Gasteiger partial charge in [0.15, 0.2) is 0 Å². The summed E-state index contributed by atoms with van der Waals surface area (Å²) in [5.41, 5.74) is 5.02. The Morgan fingerprint density at radius 3 is 1.79 bits per heavy atom. The van der Waals surface area contributed by atoms with E-state index in [9.17, 15) is 0 Å². The Hall–Kier alpha value is -2.62. The van der Waals surface area contributed by atoms with E-state index in [1.54, 1.807) is 0 Å². The number of hydrogen-bond acceptors (Lipinski definition) is 4. The fourth-order valence-electron chi connectivity index (χ4n) is 3.91. The van der Waals surface area contributed by atoms with Gasteiger partial charge in [-0.1, -0.05) is 36.4 Å². The fraction of sp³-hybridized carbons (Fsp3) is 0.440. The number of anilines is 2. The highest BCUT2D eigenvalue weighted by Crippen LogP contribution is 2.32. The number of rotatable bonds is 9. The van der Waals surface area contributed by atoms with Gasteiger partial charge in [-0.2, -0.15) is 10.2 Å². The molecule has 0 saturated heterocycles. The minimum absolute atomic E-state index is 0.157. The first-order valence-corrected chi connectivity index (χ1v) is 11.0. The molecule has 0 N–H and O–H groups in total. The predicted molar refractivity (Wildman–Crippen MR) is 125 cm³/mol. The van der Waals surface area contributed by atoms with Crippen LogP contribution in [0.4, 0.5) is 11.4 Å². The molecule has 4 nitrogen and oxygen atoms in total. The van der Waals surface area contributed by atoms with E-state index in [0.717, 1.165) is 32.6 Å². The van der Waals surface area contributed by atoms with E-state index in [4.69, 9.17) is 0 Å². The molecule has 2 aromatic carbocycles. The molecular weight excluding hydrogens is 356 g/mol. The topological polar surface area (TPSA) is 31.2 Å². The summed E-state index contributed by atoms with van der Waals surface area (Å²) in [6.45, 7) is 12.9. The van der Waals surface area contributed by atoms with Crippen LogP contribution >= 0.6 is 0 Å². The summed E-state index contributed by atoms with van der Waals surface area (Å²) in [7, 11) is 0. The molecule has 29 heavy (non-hydrogen) atoms. The van der Waals surface area contributed by atoms with E-state index in [1.165, 1.54) is 22.5 Å². The second kappa shape index (κ2) is 10.2. The van der Waals surface area contributed by atoms with Gasteiger partial charge in [0.05, 0.1) is 12.1 Å². The highest BCUT2D eigenvalue weighted by molar-refractivity contribution is 5.56. The van der Waals surface area contributed by atoms with Crippen molar-refractivity contribution in [2.24, 2.45) is 10.2 Å². The minimum Gasteiger partial charge on any atom is -0.372 e. The van der Waals surface area contributed by atoms with E-state index in [0.29, 0.717) is 0 Å². The average molecular weight is 391 g/mol. The van der Waals surface area contributed by atoms with Crippen molar-refractivity contribution in [2.45, 2.75) is 46.2 Å². The molecule has 0 amide bonds. The third-order valence-electron chi connectivity index (χ3n) is 5.76. The predicted octanol–water partition coefficient (Wildman–Crippen LogP) is 6.36. The number of azo groups is 1. The van der Waals surface area contributed by atoms with Crippen LogP contribution in [-0.2, 0) is 0 Å². The molecule has 2 unspecified atom stereocenters. The molecule has 0 spiro atoms. The number of hydrogen-bond donors (Lipinski definition) is 0. The first-order chi connectivity index (χ1) is 14.2. The van der Waals surface area contributed by atoms with Crippen LogP contribution in [-0.4, -0.2) is 32.2 Å². The standard InChI is InChI=1S/C25H34N4/c1-5-28(6-2)23-15-10-20(11-16-23)9-14-22-19-25(27-26-22)21-12-17-24(18-13-21)29(7-3)8-4/h9-18,22,25H,5-8,19H2,1-4H3. The molecule has 1 aliphatic rings. The van der Waals surface area contributed by atoms with E-state index in [1.807, 2.05) is 0 Å². The molecule has 0 bridgehead atoms. The lowest BCUT2D eigenvalue weighted by Gasteiger charge is -2.21. The molecule has 4 heteroatoms. The molecule has 2 aromatic rings. The van der Waals surface area contributed by atoms with Crippen molar-refractivity contribution in [3.8, 4) is 0 Å². The third-order valence-corrected chi connectivity index (χ3v) is 5.76. The molecule has 0 aliphatic carbocycles. The lowest BCUT2D eigenvalue weighted by molar-refractivity contribution is 0.702. The van der Waals surface area contributed by atoms with Gasteiger partial charge in [0.1, 0.15) is 0 Å². The Labute approximate surface area is 176 Å². The van der Waals surface area contributed by atoms with Crippen molar-refractivity contribution >= 4 is 17.5 Å². The van der Waals surface area contributed by atoms with Gasteiger partial charge >= 0.3 is 0 Å². The molecule has 0 fully saturated rings. The van der Waals surface area contributed by atoms with Gasteiger partial charge < -0.3 is 9.80 Å². The Morgan fingerprint density at radius 1 is 0.759 bits per heavy atom. The normalized spacial score (nSPS) is 18.5. The zero-order valence-corrected chi connectivity index (χ0v) is 18.3. The van der Waals surface area contributed by atoms with Crippen molar-refractivity contribution in [3.05, 3.63) is 65.7 Å². The molecule has 0 radical (unpaired) electrons. The molecule has 1 heterocycles. The first-order valence-electron chi connectivity index (χ1n) is 11.0. The summed E-state index contributed by atoms with van der Waals surface area (Å²) in [5.74, 6) is 0. The van der Waals surface area contributed by atoms with Gasteiger partial charge in [-0.3, -0.25) is 0 Å². The van der Waals surface area contributed by atoms with Crippen LogP contribution in [0, 0.1) is 0 Å². The van der Waals surface area contributed by atoms with Crippen LogP contribution in [0.5, 0.6) is 0 Å². The van der Waals surface area contributed by atoms with Crippen LogP contribution in [0.2, 0.25) is 0 Å². The van der Waals surface area contributed by atoms with Crippen molar-refractivity contribution in [3.63, 3.8) is 0 Å². The van der Waals surface area contributed by atoms with E-state index >= 15 is 0 Å². The van der Waals surface area contributed by atoms with Gasteiger partial charge in [0.25, 0.3) is 0 Å². The van der Waals surface area contributed by atoms with Gasteiger partial charge in [0, 0.05) is 44.0 Å². The quantitative estimate of drug-likeness (QED) is 0.499. The maximum absolute atomic E-state index is 4.53. The number of benzene rings is 2. The Kier molecular flexibility index (Phi) is 7.45. The van der Waals surface area contributed by atoms with Crippen LogP contribution < -0.4 is 9.80 Å². The zero-order chi connectivity index (χ0) is 20.6.